The fraction of sp³-hybridized carbons (Fsp3) is 0.346. The van der Waals surface area contributed by atoms with Crippen LogP contribution in [-0.2, 0) is 17.9 Å². The number of amides is 1. The fourth-order valence-corrected chi connectivity index (χ4v) is 4.66. The van der Waals surface area contributed by atoms with Gasteiger partial charge in [0.05, 0.1) is 6.33 Å². The summed E-state index contributed by atoms with van der Waals surface area (Å²) in [6, 6.07) is 16.7. The summed E-state index contributed by atoms with van der Waals surface area (Å²) in [6.07, 6.45) is 3.70. The van der Waals surface area contributed by atoms with Crippen LogP contribution in [0.15, 0.2) is 59.7 Å². The molecular formula is C26H29N5O2. The summed E-state index contributed by atoms with van der Waals surface area (Å²) in [4.78, 5) is 35.6. The molecule has 0 spiro atoms. The molecule has 7 nitrogen and oxygen atoms in total. The van der Waals surface area contributed by atoms with Crippen molar-refractivity contribution in [3.8, 4) is 0 Å². The Labute approximate surface area is 192 Å². The molecule has 0 atom stereocenters. The van der Waals surface area contributed by atoms with Crippen LogP contribution in [-0.4, -0.2) is 44.5 Å². The van der Waals surface area contributed by atoms with Crippen molar-refractivity contribution in [3.63, 3.8) is 0 Å². The molecule has 0 aliphatic carbocycles. The average molecular weight is 444 g/mol. The van der Waals surface area contributed by atoms with E-state index in [1.807, 2.05) is 31.2 Å². The second kappa shape index (κ2) is 9.19. The van der Waals surface area contributed by atoms with Gasteiger partial charge in [-0.2, -0.15) is 0 Å². The minimum atomic E-state index is -0.143. The molecule has 170 valence electrons. The van der Waals surface area contributed by atoms with E-state index in [4.69, 9.17) is 0 Å². The highest BCUT2D eigenvalue weighted by molar-refractivity contribution is 6.04. The van der Waals surface area contributed by atoms with Gasteiger partial charge in [0.2, 0.25) is 5.91 Å². The van der Waals surface area contributed by atoms with Crippen LogP contribution in [0.1, 0.15) is 30.4 Å². The number of nitrogens with zero attached hydrogens (tertiary/aromatic N) is 3. The largest absolute Gasteiger partial charge is 0.353 e. The number of carbonyl (C=O) groups is 1. The third kappa shape index (κ3) is 4.68. The maximum Gasteiger partial charge on any atom is 0.277 e. The number of likely N-dealkylation sites (tertiary alicyclic amines) is 1. The lowest BCUT2D eigenvalue weighted by Gasteiger charge is -2.32. The van der Waals surface area contributed by atoms with Gasteiger partial charge in [0.15, 0.2) is 0 Å². The highest BCUT2D eigenvalue weighted by Gasteiger charge is 2.21. The van der Waals surface area contributed by atoms with Crippen LogP contribution >= 0.6 is 0 Å². The van der Waals surface area contributed by atoms with Gasteiger partial charge in [0, 0.05) is 49.5 Å². The molecule has 33 heavy (non-hydrogen) atoms. The summed E-state index contributed by atoms with van der Waals surface area (Å²) in [6.45, 7) is 5.23. The molecule has 1 aliphatic rings. The van der Waals surface area contributed by atoms with Gasteiger partial charge in [-0.15, -0.1) is 0 Å². The Kier molecular flexibility index (Phi) is 5.96. The standard InChI is InChI=1S/C26H29N5O2/c1-18-7-8-22-21(15-18)24-25(29-22)26(33)31(17-27-24)14-11-23(32)28-20-9-12-30(13-10-20)16-19-5-3-2-4-6-19/h2-8,15,17,20,29H,9-14,16H2,1H3,(H,28,32). The van der Waals surface area contributed by atoms with E-state index in [1.54, 1.807) is 6.33 Å². The molecule has 0 unspecified atom stereocenters. The molecule has 0 saturated carbocycles. The lowest BCUT2D eigenvalue weighted by molar-refractivity contribution is -0.122. The zero-order valence-corrected chi connectivity index (χ0v) is 18.9. The number of aryl methyl sites for hydroxylation is 2. The summed E-state index contributed by atoms with van der Waals surface area (Å²) < 4.78 is 1.52. The highest BCUT2D eigenvalue weighted by atomic mass is 16.2. The number of benzene rings is 2. The SMILES string of the molecule is Cc1ccc2[nH]c3c(=O)n(CCC(=O)NC4CCN(Cc5ccccc5)CC4)cnc3c2c1. The Balaban J connectivity index is 1.16. The molecule has 0 radical (unpaired) electrons. The number of H-pyrrole nitrogens is 1. The smallest absolute Gasteiger partial charge is 0.277 e. The summed E-state index contributed by atoms with van der Waals surface area (Å²) in [5, 5.41) is 4.10. The fourth-order valence-electron chi connectivity index (χ4n) is 4.66. The predicted molar refractivity (Wildman–Crippen MR) is 130 cm³/mol. The Hall–Kier alpha value is -3.45. The molecular weight excluding hydrogens is 414 g/mol. The number of aromatic nitrogens is 3. The molecule has 1 fully saturated rings. The maximum absolute atomic E-state index is 12.9. The van der Waals surface area contributed by atoms with Gasteiger partial charge in [-0.05, 0) is 37.5 Å². The first-order valence-corrected chi connectivity index (χ1v) is 11.6. The van der Waals surface area contributed by atoms with Crippen LogP contribution in [0, 0.1) is 6.92 Å². The number of aromatic amines is 1. The normalized spacial score (nSPS) is 15.3. The quantitative estimate of drug-likeness (QED) is 0.479. The molecule has 2 N–H and O–H groups in total. The Bertz CT molecular complexity index is 1330. The number of nitrogens with one attached hydrogen (secondary N) is 2. The van der Waals surface area contributed by atoms with Crippen LogP contribution in [0.4, 0.5) is 0 Å². The number of hydrogen-bond donors (Lipinski definition) is 2. The minimum Gasteiger partial charge on any atom is -0.353 e. The molecule has 1 saturated heterocycles. The zero-order valence-electron chi connectivity index (χ0n) is 18.9. The van der Waals surface area contributed by atoms with E-state index in [-0.39, 0.29) is 23.9 Å². The maximum atomic E-state index is 12.9. The molecule has 7 heteroatoms. The molecule has 5 rings (SSSR count). The van der Waals surface area contributed by atoms with Gasteiger partial charge in [-0.25, -0.2) is 4.98 Å². The van der Waals surface area contributed by atoms with Crippen molar-refractivity contribution < 1.29 is 4.79 Å². The van der Waals surface area contributed by atoms with Gasteiger partial charge >= 0.3 is 0 Å². The van der Waals surface area contributed by atoms with Crippen LogP contribution in [0.2, 0.25) is 0 Å². The second-order valence-corrected chi connectivity index (χ2v) is 8.99. The third-order valence-corrected chi connectivity index (χ3v) is 6.51. The van der Waals surface area contributed by atoms with Crippen molar-refractivity contribution in [3.05, 3.63) is 76.3 Å². The monoisotopic (exact) mass is 443 g/mol. The van der Waals surface area contributed by atoms with E-state index in [1.165, 1.54) is 10.1 Å². The van der Waals surface area contributed by atoms with Gasteiger partial charge in [-0.3, -0.25) is 19.1 Å². The van der Waals surface area contributed by atoms with E-state index < -0.39 is 0 Å². The topological polar surface area (TPSA) is 83.0 Å². The van der Waals surface area contributed by atoms with Crippen molar-refractivity contribution in [1.29, 1.82) is 0 Å². The summed E-state index contributed by atoms with van der Waals surface area (Å²) in [5.41, 5.74) is 4.37. The molecule has 2 aromatic carbocycles. The summed E-state index contributed by atoms with van der Waals surface area (Å²) >= 11 is 0. The van der Waals surface area contributed by atoms with Crippen molar-refractivity contribution in [2.24, 2.45) is 0 Å². The zero-order chi connectivity index (χ0) is 22.8. The van der Waals surface area contributed by atoms with E-state index in [2.05, 4.69) is 44.5 Å². The number of carbonyl (C=O) groups excluding carboxylic acids is 1. The minimum absolute atomic E-state index is 0.0178. The molecule has 2 aromatic heterocycles. The summed E-state index contributed by atoms with van der Waals surface area (Å²) in [7, 11) is 0. The Morgan fingerprint density at radius 3 is 2.73 bits per heavy atom. The lowest BCUT2D eigenvalue weighted by atomic mass is 10.0. The van der Waals surface area contributed by atoms with Crippen molar-refractivity contribution in [2.75, 3.05) is 13.1 Å². The predicted octanol–water partition coefficient (Wildman–Crippen LogP) is 3.36. The van der Waals surface area contributed by atoms with Crippen LogP contribution in [0.3, 0.4) is 0 Å². The van der Waals surface area contributed by atoms with Crippen molar-refractivity contribution in [2.45, 2.75) is 45.3 Å². The van der Waals surface area contributed by atoms with Gasteiger partial charge < -0.3 is 10.3 Å². The molecule has 1 aliphatic heterocycles. The second-order valence-electron chi connectivity index (χ2n) is 8.99. The highest BCUT2D eigenvalue weighted by Crippen LogP contribution is 2.22. The number of rotatable bonds is 6. The molecule has 1 amide bonds. The third-order valence-electron chi connectivity index (χ3n) is 6.51. The van der Waals surface area contributed by atoms with Gasteiger partial charge in [0.25, 0.3) is 5.56 Å². The van der Waals surface area contributed by atoms with Crippen LogP contribution < -0.4 is 10.9 Å². The van der Waals surface area contributed by atoms with E-state index >= 15 is 0 Å². The molecule has 4 aromatic rings. The Morgan fingerprint density at radius 1 is 1.15 bits per heavy atom. The number of hydrogen-bond acceptors (Lipinski definition) is 4. The average Bonchev–Trinajstić information content (AvgIpc) is 3.19. The van der Waals surface area contributed by atoms with Crippen molar-refractivity contribution in [1.82, 2.24) is 24.8 Å². The van der Waals surface area contributed by atoms with E-state index in [0.717, 1.165) is 48.9 Å². The Morgan fingerprint density at radius 2 is 1.94 bits per heavy atom. The number of fused-ring (bicyclic) bond motifs is 3. The van der Waals surface area contributed by atoms with E-state index in [0.29, 0.717) is 17.6 Å². The number of piperidine rings is 1. The summed E-state index contributed by atoms with van der Waals surface area (Å²) in [5.74, 6) is -0.0178. The first kappa shape index (κ1) is 21.4. The van der Waals surface area contributed by atoms with Crippen molar-refractivity contribution >= 4 is 27.8 Å². The van der Waals surface area contributed by atoms with E-state index in [9.17, 15) is 9.59 Å². The van der Waals surface area contributed by atoms with Gasteiger partial charge in [0.1, 0.15) is 11.0 Å². The first-order valence-electron chi connectivity index (χ1n) is 11.6. The first-order chi connectivity index (χ1) is 16.1. The molecule has 0 bridgehead atoms. The lowest BCUT2D eigenvalue weighted by Crippen LogP contribution is -2.44. The van der Waals surface area contributed by atoms with Crippen LogP contribution in [0.5, 0.6) is 0 Å². The molecule has 3 heterocycles. The van der Waals surface area contributed by atoms with Crippen LogP contribution in [0.25, 0.3) is 21.9 Å². The van der Waals surface area contributed by atoms with Gasteiger partial charge in [-0.1, -0.05) is 42.0 Å².